The molecule has 5 heteroatoms. The number of esters is 1. The lowest BCUT2D eigenvalue weighted by molar-refractivity contribution is 0.0734. The molecule has 2 aliphatic rings. The highest BCUT2D eigenvalue weighted by molar-refractivity contribution is 5.91. The van der Waals surface area contributed by atoms with Crippen LogP contribution < -0.4 is 9.47 Å². The molecule has 35 heavy (non-hydrogen) atoms. The van der Waals surface area contributed by atoms with E-state index >= 15 is 0 Å². The smallest absolute Gasteiger partial charge is 0.343 e. The van der Waals surface area contributed by atoms with Gasteiger partial charge in [0, 0.05) is 5.92 Å². The van der Waals surface area contributed by atoms with E-state index in [0.29, 0.717) is 23.1 Å². The molecule has 0 amide bonds. The fraction of sp³-hybridized carbons (Fsp3) is 0.333. The molecule has 1 aliphatic carbocycles. The van der Waals surface area contributed by atoms with Gasteiger partial charge in [-0.15, -0.1) is 0 Å². The van der Waals surface area contributed by atoms with Gasteiger partial charge in [-0.05, 0) is 59.4 Å². The molecular weight excluding hydrogens is 438 g/mol. The summed E-state index contributed by atoms with van der Waals surface area (Å²) in [5.41, 5.74) is 5.67. The van der Waals surface area contributed by atoms with Crippen molar-refractivity contribution in [2.75, 3.05) is 13.2 Å². The minimum atomic E-state index is -0.429. The maximum atomic E-state index is 12.6. The van der Waals surface area contributed by atoms with Crippen LogP contribution in [0.4, 0.5) is 5.69 Å². The number of carbonyl (C=O) groups is 1. The molecule has 3 aromatic rings. The van der Waals surface area contributed by atoms with Crippen LogP contribution in [-0.4, -0.2) is 25.3 Å². The Morgan fingerprint density at radius 1 is 0.943 bits per heavy atom. The lowest BCUT2D eigenvalue weighted by Gasteiger charge is -2.11. The van der Waals surface area contributed by atoms with E-state index in [4.69, 9.17) is 20.8 Å². The Hall–Kier alpha value is -3.62. The van der Waals surface area contributed by atoms with Gasteiger partial charge in [-0.25, -0.2) is 9.64 Å². The van der Waals surface area contributed by atoms with Crippen molar-refractivity contribution in [3.63, 3.8) is 0 Å². The van der Waals surface area contributed by atoms with Crippen LogP contribution in [0.15, 0.2) is 60.7 Å². The molecule has 2 unspecified atom stereocenters. The summed E-state index contributed by atoms with van der Waals surface area (Å²) in [6.07, 6.45) is 6.46. The molecule has 0 bridgehead atoms. The number of benzene rings is 3. The van der Waals surface area contributed by atoms with Gasteiger partial charge < -0.3 is 14.2 Å². The summed E-state index contributed by atoms with van der Waals surface area (Å²) in [5.74, 6) is 1.18. The number of carbonyl (C=O) groups excluding carboxylic acids is 1. The molecule has 0 spiro atoms. The van der Waals surface area contributed by atoms with Crippen LogP contribution >= 0.6 is 0 Å². The van der Waals surface area contributed by atoms with Crippen molar-refractivity contribution in [1.29, 1.82) is 0 Å². The van der Waals surface area contributed by atoms with Crippen molar-refractivity contribution in [2.45, 2.75) is 51.0 Å². The predicted octanol–water partition coefficient (Wildman–Crippen LogP) is 7.32. The molecule has 0 aromatic heterocycles. The van der Waals surface area contributed by atoms with Crippen LogP contribution in [0.2, 0.25) is 0 Å². The summed E-state index contributed by atoms with van der Waals surface area (Å²) < 4.78 is 16.9. The number of fused-ring (bicyclic) bond motifs is 3. The van der Waals surface area contributed by atoms with E-state index in [9.17, 15) is 4.79 Å². The van der Waals surface area contributed by atoms with Crippen molar-refractivity contribution in [3.8, 4) is 22.6 Å². The van der Waals surface area contributed by atoms with Gasteiger partial charge in [0.1, 0.15) is 11.5 Å². The van der Waals surface area contributed by atoms with Gasteiger partial charge in [-0.3, -0.25) is 0 Å². The highest BCUT2D eigenvalue weighted by Crippen LogP contribution is 2.47. The number of unbranched alkanes of at least 4 members (excludes halogenated alkanes) is 3. The van der Waals surface area contributed by atoms with Crippen LogP contribution in [0.3, 0.4) is 0 Å². The molecule has 2 atom stereocenters. The molecular formula is C30H29NO4. The number of hydrogen-bond acceptors (Lipinski definition) is 4. The summed E-state index contributed by atoms with van der Waals surface area (Å²) in [4.78, 5) is 15.9. The second-order valence-electron chi connectivity index (χ2n) is 9.27. The van der Waals surface area contributed by atoms with E-state index < -0.39 is 5.97 Å². The second kappa shape index (κ2) is 10.3. The maximum Gasteiger partial charge on any atom is 0.343 e. The quantitative estimate of drug-likeness (QED) is 0.103. The number of nitrogens with zero attached hydrogens (tertiary/aromatic N) is 1. The predicted molar refractivity (Wildman–Crippen MR) is 135 cm³/mol. The van der Waals surface area contributed by atoms with Crippen molar-refractivity contribution in [3.05, 3.63) is 88.8 Å². The zero-order valence-electron chi connectivity index (χ0n) is 20.0. The van der Waals surface area contributed by atoms with Crippen LogP contribution in [0.25, 0.3) is 16.0 Å². The first-order valence-electron chi connectivity index (χ1n) is 12.3. The van der Waals surface area contributed by atoms with Crippen molar-refractivity contribution < 1.29 is 19.0 Å². The van der Waals surface area contributed by atoms with Crippen LogP contribution in [0.1, 0.15) is 66.4 Å². The SMILES string of the molecule is [C-]#[N+]c1ccc(C(=O)Oc2ccc3c(c2)C(C)c2cc(OCCCCCCC4CO4)ccc2-3)cc1. The summed E-state index contributed by atoms with van der Waals surface area (Å²) >= 11 is 0. The van der Waals surface area contributed by atoms with E-state index in [1.807, 2.05) is 24.3 Å². The summed E-state index contributed by atoms with van der Waals surface area (Å²) in [5, 5.41) is 0. The van der Waals surface area contributed by atoms with Gasteiger partial charge in [0.25, 0.3) is 0 Å². The zero-order valence-corrected chi connectivity index (χ0v) is 20.0. The Morgan fingerprint density at radius 2 is 1.60 bits per heavy atom. The van der Waals surface area contributed by atoms with E-state index in [1.54, 1.807) is 24.3 Å². The third kappa shape index (κ3) is 5.39. The Bertz CT molecular complexity index is 1250. The topological polar surface area (TPSA) is 52.4 Å². The Labute approximate surface area is 206 Å². The van der Waals surface area contributed by atoms with Gasteiger partial charge in [0.15, 0.2) is 5.69 Å². The van der Waals surface area contributed by atoms with Crippen LogP contribution in [0.5, 0.6) is 11.5 Å². The average molecular weight is 468 g/mol. The number of epoxide rings is 1. The molecule has 1 fully saturated rings. The molecule has 0 saturated carbocycles. The number of rotatable bonds is 10. The minimum Gasteiger partial charge on any atom is -0.494 e. The van der Waals surface area contributed by atoms with E-state index in [1.165, 1.54) is 42.4 Å². The fourth-order valence-corrected chi connectivity index (χ4v) is 4.70. The van der Waals surface area contributed by atoms with E-state index in [-0.39, 0.29) is 5.92 Å². The van der Waals surface area contributed by atoms with Crippen molar-refractivity contribution in [1.82, 2.24) is 0 Å². The highest BCUT2D eigenvalue weighted by atomic mass is 16.6. The first-order chi connectivity index (χ1) is 17.1. The molecule has 1 aliphatic heterocycles. The largest absolute Gasteiger partial charge is 0.494 e. The standard InChI is InChI=1S/C30H29NO4/c1-20-28-17-23(33-16-6-4-3-5-7-25-19-34-25)12-14-26(28)27-15-13-24(18-29(20)27)35-30(32)21-8-10-22(31-2)11-9-21/h8-15,17-18,20,25H,3-7,16,19H2,1H3. The van der Waals surface area contributed by atoms with Crippen LogP contribution in [0, 0.1) is 6.57 Å². The lowest BCUT2D eigenvalue weighted by atomic mass is 9.99. The van der Waals surface area contributed by atoms with Gasteiger partial charge >= 0.3 is 5.97 Å². The Morgan fingerprint density at radius 3 is 2.29 bits per heavy atom. The van der Waals surface area contributed by atoms with Crippen LogP contribution in [-0.2, 0) is 4.74 Å². The minimum absolute atomic E-state index is 0.185. The van der Waals surface area contributed by atoms with Gasteiger partial charge in [-0.2, -0.15) is 0 Å². The first-order valence-corrected chi connectivity index (χ1v) is 12.3. The molecule has 1 heterocycles. The zero-order chi connectivity index (χ0) is 24.2. The third-order valence-electron chi connectivity index (χ3n) is 6.80. The van der Waals surface area contributed by atoms with E-state index in [2.05, 4.69) is 23.9 Å². The summed E-state index contributed by atoms with van der Waals surface area (Å²) in [6.45, 7) is 10.9. The molecule has 5 rings (SSSR count). The number of hydrogen-bond donors (Lipinski definition) is 0. The van der Waals surface area contributed by atoms with Crippen molar-refractivity contribution >= 4 is 11.7 Å². The van der Waals surface area contributed by atoms with Gasteiger partial charge in [0.05, 0.1) is 31.5 Å². The van der Waals surface area contributed by atoms with Gasteiger partial charge in [0.2, 0.25) is 0 Å². The number of ether oxygens (including phenoxy) is 3. The Kier molecular flexibility index (Phi) is 6.83. The summed E-state index contributed by atoms with van der Waals surface area (Å²) in [6, 6.07) is 18.6. The fourth-order valence-electron chi connectivity index (χ4n) is 4.70. The molecule has 3 aromatic carbocycles. The average Bonchev–Trinajstić information content (AvgIpc) is 3.68. The lowest BCUT2D eigenvalue weighted by Crippen LogP contribution is -2.08. The molecule has 178 valence electrons. The molecule has 0 N–H and O–H groups in total. The second-order valence-corrected chi connectivity index (χ2v) is 9.27. The highest BCUT2D eigenvalue weighted by Gasteiger charge is 2.27. The first kappa shape index (κ1) is 23.1. The van der Waals surface area contributed by atoms with Gasteiger partial charge in [-0.1, -0.05) is 62.6 Å². The maximum absolute atomic E-state index is 12.6. The Balaban J connectivity index is 1.19. The summed E-state index contributed by atoms with van der Waals surface area (Å²) in [7, 11) is 0. The third-order valence-corrected chi connectivity index (χ3v) is 6.80. The monoisotopic (exact) mass is 467 g/mol. The molecule has 5 nitrogen and oxygen atoms in total. The molecule has 0 radical (unpaired) electrons. The van der Waals surface area contributed by atoms with Crippen molar-refractivity contribution in [2.24, 2.45) is 0 Å². The van der Waals surface area contributed by atoms with E-state index in [0.717, 1.165) is 30.9 Å². The molecule has 1 saturated heterocycles. The normalized spacial score (nSPS) is 17.3.